The Morgan fingerprint density at radius 3 is 2.40 bits per heavy atom. The minimum atomic E-state index is -1.20. The van der Waals surface area contributed by atoms with Crippen molar-refractivity contribution in [3.63, 3.8) is 0 Å². The Bertz CT molecular complexity index is 542. The summed E-state index contributed by atoms with van der Waals surface area (Å²) in [4.78, 5) is 33.3. The van der Waals surface area contributed by atoms with E-state index in [0.717, 1.165) is 0 Å². The Morgan fingerprint density at radius 1 is 1.25 bits per heavy atom. The number of carbonyl (C=O) groups is 3. The van der Waals surface area contributed by atoms with Crippen LogP contribution in [0.2, 0.25) is 0 Å². The van der Waals surface area contributed by atoms with E-state index in [1.807, 2.05) is 0 Å². The fraction of sp³-hybridized carbons (Fsp3) is 0.308. The first kappa shape index (κ1) is 15.5. The maximum Gasteiger partial charge on any atom is 0.315 e. The predicted octanol–water partition coefficient (Wildman–Crippen LogP) is 1.31. The first-order valence-electron chi connectivity index (χ1n) is 5.84. The number of hydrogen-bond donors (Lipinski definition) is 3. The maximum atomic E-state index is 11.6. The lowest BCUT2D eigenvalue weighted by Gasteiger charge is -2.12. The highest BCUT2D eigenvalue weighted by Crippen LogP contribution is 2.28. The second kappa shape index (κ2) is 6.55. The van der Waals surface area contributed by atoms with E-state index >= 15 is 0 Å². The SMILES string of the molecule is COc1cc(NC(=O)C(C)C(=O)O)ccc1NC(C)=O. The van der Waals surface area contributed by atoms with E-state index in [1.54, 1.807) is 12.1 Å². The molecule has 3 N–H and O–H groups in total. The van der Waals surface area contributed by atoms with Gasteiger partial charge in [0.1, 0.15) is 11.7 Å². The molecular weight excluding hydrogens is 264 g/mol. The molecule has 1 unspecified atom stereocenters. The third kappa shape index (κ3) is 3.98. The molecular formula is C13H16N2O5. The number of carbonyl (C=O) groups excluding carboxylic acids is 2. The summed E-state index contributed by atoms with van der Waals surface area (Å²) in [5.74, 6) is -2.88. The van der Waals surface area contributed by atoms with Crippen molar-refractivity contribution in [2.75, 3.05) is 17.7 Å². The third-order valence-electron chi connectivity index (χ3n) is 2.54. The number of ether oxygens (including phenoxy) is 1. The molecule has 1 aromatic rings. The van der Waals surface area contributed by atoms with Crippen LogP contribution in [-0.4, -0.2) is 30.0 Å². The fourth-order valence-corrected chi connectivity index (χ4v) is 1.42. The van der Waals surface area contributed by atoms with Gasteiger partial charge in [0.2, 0.25) is 11.8 Å². The molecule has 2 amide bonds. The summed E-state index contributed by atoms with van der Waals surface area (Å²) in [6.07, 6.45) is 0. The van der Waals surface area contributed by atoms with Crippen LogP contribution in [0, 0.1) is 5.92 Å². The molecule has 1 rings (SSSR count). The average Bonchev–Trinajstić information content (AvgIpc) is 2.38. The summed E-state index contributed by atoms with van der Waals surface area (Å²) in [5, 5.41) is 13.8. The molecule has 0 bridgehead atoms. The minimum absolute atomic E-state index is 0.250. The van der Waals surface area contributed by atoms with Gasteiger partial charge in [-0.2, -0.15) is 0 Å². The van der Waals surface area contributed by atoms with Gasteiger partial charge in [-0.05, 0) is 19.1 Å². The minimum Gasteiger partial charge on any atom is -0.494 e. The number of hydrogen-bond acceptors (Lipinski definition) is 4. The van der Waals surface area contributed by atoms with Crippen molar-refractivity contribution in [2.45, 2.75) is 13.8 Å². The van der Waals surface area contributed by atoms with Gasteiger partial charge in [-0.1, -0.05) is 0 Å². The average molecular weight is 280 g/mol. The van der Waals surface area contributed by atoms with E-state index in [-0.39, 0.29) is 5.91 Å². The Kier molecular flexibility index (Phi) is 5.08. The molecule has 7 nitrogen and oxygen atoms in total. The monoisotopic (exact) mass is 280 g/mol. The largest absolute Gasteiger partial charge is 0.494 e. The molecule has 20 heavy (non-hydrogen) atoms. The van der Waals surface area contributed by atoms with Gasteiger partial charge in [-0.3, -0.25) is 14.4 Å². The fourth-order valence-electron chi connectivity index (χ4n) is 1.42. The van der Waals surface area contributed by atoms with Crippen molar-refractivity contribution in [3.05, 3.63) is 18.2 Å². The van der Waals surface area contributed by atoms with Crippen LogP contribution in [0.3, 0.4) is 0 Å². The molecule has 0 aliphatic heterocycles. The summed E-state index contributed by atoms with van der Waals surface area (Å²) in [6, 6.07) is 4.60. The van der Waals surface area contributed by atoms with Crippen molar-refractivity contribution in [2.24, 2.45) is 5.92 Å². The van der Waals surface area contributed by atoms with Gasteiger partial charge in [0.15, 0.2) is 0 Å². The molecule has 0 radical (unpaired) electrons. The Hall–Kier alpha value is -2.57. The topological polar surface area (TPSA) is 105 Å². The molecule has 7 heteroatoms. The second-order valence-corrected chi connectivity index (χ2v) is 4.15. The zero-order chi connectivity index (χ0) is 15.3. The maximum absolute atomic E-state index is 11.6. The van der Waals surface area contributed by atoms with Crippen LogP contribution in [0.1, 0.15) is 13.8 Å². The van der Waals surface area contributed by atoms with Crippen molar-refractivity contribution in [1.29, 1.82) is 0 Å². The van der Waals surface area contributed by atoms with Crippen LogP contribution in [-0.2, 0) is 14.4 Å². The molecule has 0 aliphatic carbocycles. The molecule has 1 atom stereocenters. The van der Waals surface area contributed by atoms with Crippen molar-refractivity contribution in [3.8, 4) is 5.75 Å². The number of aliphatic carboxylic acids is 1. The van der Waals surface area contributed by atoms with Crippen molar-refractivity contribution >= 4 is 29.2 Å². The zero-order valence-electron chi connectivity index (χ0n) is 11.4. The lowest BCUT2D eigenvalue weighted by molar-refractivity contribution is -0.144. The van der Waals surface area contributed by atoms with E-state index in [0.29, 0.717) is 17.1 Å². The highest BCUT2D eigenvalue weighted by Gasteiger charge is 2.20. The van der Waals surface area contributed by atoms with E-state index in [2.05, 4.69) is 10.6 Å². The lowest BCUT2D eigenvalue weighted by Crippen LogP contribution is -2.26. The highest BCUT2D eigenvalue weighted by atomic mass is 16.5. The van der Waals surface area contributed by atoms with Gasteiger partial charge < -0.3 is 20.5 Å². The molecule has 0 saturated carbocycles. The summed E-state index contributed by atoms with van der Waals surface area (Å²) in [6.45, 7) is 2.66. The van der Waals surface area contributed by atoms with Crippen LogP contribution in [0.15, 0.2) is 18.2 Å². The van der Waals surface area contributed by atoms with Crippen LogP contribution < -0.4 is 15.4 Å². The van der Waals surface area contributed by atoms with Crippen molar-refractivity contribution < 1.29 is 24.2 Å². The first-order chi connectivity index (χ1) is 9.35. The summed E-state index contributed by atoms with van der Waals surface area (Å²) in [7, 11) is 1.42. The number of nitrogens with one attached hydrogen (secondary N) is 2. The number of rotatable bonds is 5. The molecule has 0 aromatic heterocycles. The second-order valence-electron chi connectivity index (χ2n) is 4.15. The van der Waals surface area contributed by atoms with Gasteiger partial charge in [-0.15, -0.1) is 0 Å². The predicted molar refractivity (Wildman–Crippen MR) is 72.7 cm³/mol. The molecule has 0 fully saturated rings. The first-order valence-corrected chi connectivity index (χ1v) is 5.84. The van der Waals surface area contributed by atoms with E-state index in [1.165, 1.54) is 27.0 Å². The van der Waals surface area contributed by atoms with E-state index in [9.17, 15) is 14.4 Å². The third-order valence-corrected chi connectivity index (χ3v) is 2.54. The standard InChI is InChI=1S/C13H16N2O5/c1-7(13(18)19)12(17)15-9-4-5-10(14-8(2)16)11(6-9)20-3/h4-7H,1-3H3,(H,14,16)(H,15,17)(H,18,19). The zero-order valence-corrected chi connectivity index (χ0v) is 11.4. The van der Waals surface area contributed by atoms with E-state index in [4.69, 9.17) is 9.84 Å². The number of anilines is 2. The highest BCUT2D eigenvalue weighted by molar-refractivity contribution is 6.04. The molecule has 108 valence electrons. The van der Waals surface area contributed by atoms with Gasteiger partial charge >= 0.3 is 5.97 Å². The summed E-state index contributed by atoms with van der Waals surface area (Å²) >= 11 is 0. The number of amides is 2. The number of carboxylic acids is 1. The van der Waals surface area contributed by atoms with Crippen LogP contribution in [0.5, 0.6) is 5.75 Å². The lowest BCUT2D eigenvalue weighted by atomic mass is 10.1. The van der Waals surface area contributed by atoms with Crippen LogP contribution >= 0.6 is 0 Å². The normalized spacial score (nSPS) is 11.3. The van der Waals surface area contributed by atoms with Crippen LogP contribution in [0.25, 0.3) is 0 Å². The summed E-state index contributed by atoms with van der Waals surface area (Å²) < 4.78 is 5.09. The van der Waals surface area contributed by atoms with Gasteiger partial charge in [0, 0.05) is 18.7 Å². The van der Waals surface area contributed by atoms with Gasteiger partial charge in [-0.25, -0.2) is 0 Å². The molecule has 1 aromatic carbocycles. The summed E-state index contributed by atoms with van der Waals surface area (Å²) in [5.41, 5.74) is 0.846. The van der Waals surface area contributed by atoms with E-state index < -0.39 is 17.8 Å². The quantitative estimate of drug-likeness (QED) is 0.705. The number of carboxylic acid groups (broad SMARTS) is 1. The van der Waals surface area contributed by atoms with Crippen LogP contribution in [0.4, 0.5) is 11.4 Å². The van der Waals surface area contributed by atoms with Gasteiger partial charge in [0.25, 0.3) is 0 Å². The number of benzene rings is 1. The van der Waals surface area contributed by atoms with Crippen molar-refractivity contribution in [1.82, 2.24) is 0 Å². The molecule has 0 saturated heterocycles. The molecule has 0 aliphatic rings. The Morgan fingerprint density at radius 2 is 1.90 bits per heavy atom. The van der Waals surface area contributed by atoms with Gasteiger partial charge in [0.05, 0.1) is 12.8 Å². The number of methoxy groups -OCH3 is 1. The Labute approximate surface area is 115 Å². The molecule has 0 heterocycles. The Balaban J connectivity index is 2.90. The smallest absolute Gasteiger partial charge is 0.315 e. The molecule has 0 spiro atoms.